The van der Waals surface area contributed by atoms with Crippen molar-refractivity contribution in [3.63, 3.8) is 0 Å². The fourth-order valence-electron chi connectivity index (χ4n) is 1.44. The topological polar surface area (TPSA) is 63.6 Å². The van der Waals surface area contributed by atoms with Crippen LogP contribution in [0, 0.1) is 0 Å². The highest BCUT2D eigenvalue weighted by atomic mass is 35.5. The van der Waals surface area contributed by atoms with Crippen molar-refractivity contribution in [2.24, 2.45) is 0 Å². The zero-order valence-electron chi connectivity index (χ0n) is 8.69. The molecule has 2 rings (SSSR count). The number of rotatable bonds is 1. The third kappa shape index (κ3) is 1.99. The number of carbonyl (C=O) groups is 1. The predicted molar refractivity (Wildman–Crippen MR) is 66.1 cm³/mol. The zero-order valence-corrected chi connectivity index (χ0v) is 10.3. The van der Waals surface area contributed by atoms with Gasteiger partial charge in [-0.1, -0.05) is 22.9 Å². The van der Waals surface area contributed by atoms with Gasteiger partial charge in [0.15, 0.2) is 10.6 Å². The Balaban J connectivity index is 2.87. The van der Waals surface area contributed by atoms with Crippen LogP contribution in [0.2, 0.25) is 5.02 Å². The second kappa shape index (κ2) is 4.35. The minimum Gasteiger partial charge on any atom is -0.499 e. The average molecular weight is 271 g/mol. The highest BCUT2D eigenvalue weighted by molar-refractivity contribution is 7.20. The molecule has 0 aliphatic heterocycles. The number of halogens is 1. The van der Waals surface area contributed by atoms with Crippen LogP contribution in [0.5, 0.6) is 5.06 Å². The summed E-state index contributed by atoms with van der Waals surface area (Å²) in [5, 5.41) is 9.98. The van der Waals surface area contributed by atoms with E-state index in [1.807, 2.05) is 0 Å². The van der Waals surface area contributed by atoms with E-state index >= 15 is 0 Å². The van der Waals surface area contributed by atoms with Crippen LogP contribution in [-0.4, -0.2) is 18.2 Å². The van der Waals surface area contributed by atoms with Crippen LogP contribution in [0.15, 0.2) is 23.0 Å². The first-order valence-electron chi connectivity index (χ1n) is 4.58. The summed E-state index contributed by atoms with van der Waals surface area (Å²) < 4.78 is 5.01. The SMILES string of the molecule is COC(=O)c1c(O)sc2ccc(Cl)cc2c1=O. The largest absolute Gasteiger partial charge is 0.499 e. The van der Waals surface area contributed by atoms with E-state index in [9.17, 15) is 14.7 Å². The molecule has 1 heterocycles. The van der Waals surface area contributed by atoms with E-state index in [1.165, 1.54) is 6.07 Å². The van der Waals surface area contributed by atoms with Gasteiger partial charge < -0.3 is 9.84 Å². The number of hydrogen-bond donors (Lipinski definition) is 1. The second-order valence-electron chi connectivity index (χ2n) is 3.24. The van der Waals surface area contributed by atoms with Gasteiger partial charge in [0.2, 0.25) is 5.43 Å². The maximum Gasteiger partial charge on any atom is 0.346 e. The number of ether oxygens (including phenoxy) is 1. The van der Waals surface area contributed by atoms with E-state index in [4.69, 9.17) is 11.6 Å². The summed E-state index contributed by atoms with van der Waals surface area (Å²) in [6.07, 6.45) is 0. The van der Waals surface area contributed by atoms with Gasteiger partial charge in [-0.05, 0) is 18.2 Å². The molecule has 1 aromatic heterocycles. The van der Waals surface area contributed by atoms with Gasteiger partial charge in [0, 0.05) is 15.1 Å². The van der Waals surface area contributed by atoms with Gasteiger partial charge >= 0.3 is 5.97 Å². The number of benzene rings is 1. The Kier molecular flexibility index (Phi) is 3.04. The van der Waals surface area contributed by atoms with Gasteiger partial charge in [0.05, 0.1) is 7.11 Å². The lowest BCUT2D eigenvalue weighted by Crippen LogP contribution is -2.15. The molecule has 88 valence electrons. The highest BCUT2D eigenvalue weighted by Gasteiger charge is 2.19. The van der Waals surface area contributed by atoms with E-state index in [1.54, 1.807) is 12.1 Å². The molecule has 0 radical (unpaired) electrons. The van der Waals surface area contributed by atoms with Crippen LogP contribution >= 0.6 is 22.9 Å². The fourth-order valence-corrected chi connectivity index (χ4v) is 2.49. The molecule has 4 nitrogen and oxygen atoms in total. The molecular weight excluding hydrogens is 264 g/mol. The van der Waals surface area contributed by atoms with Gasteiger partial charge in [-0.3, -0.25) is 4.79 Å². The smallest absolute Gasteiger partial charge is 0.346 e. The Labute approximate surface area is 105 Å². The molecule has 0 aliphatic rings. The molecular formula is C11H7ClO4S. The van der Waals surface area contributed by atoms with Gasteiger partial charge in [-0.25, -0.2) is 4.79 Å². The minimum absolute atomic E-state index is 0.292. The van der Waals surface area contributed by atoms with Crippen molar-refractivity contribution in [1.82, 2.24) is 0 Å². The summed E-state index contributed by atoms with van der Waals surface area (Å²) in [6, 6.07) is 4.68. The number of hydrogen-bond acceptors (Lipinski definition) is 5. The molecule has 1 aromatic carbocycles. The number of fused-ring (bicyclic) bond motifs is 1. The summed E-state index contributed by atoms with van der Waals surface area (Å²) in [6.45, 7) is 0. The Morgan fingerprint density at radius 3 is 2.82 bits per heavy atom. The van der Waals surface area contributed by atoms with Gasteiger partial charge in [-0.15, -0.1) is 0 Å². The van der Waals surface area contributed by atoms with Crippen molar-refractivity contribution in [3.8, 4) is 5.06 Å². The van der Waals surface area contributed by atoms with Crippen LogP contribution < -0.4 is 5.43 Å². The average Bonchev–Trinajstić information content (AvgIpc) is 2.30. The first-order valence-corrected chi connectivity index (χ1v) is 5.77. The van der Waals surface area contributed by atoms with E-state index in [0.29, 0.717) is 15.1 Å². The highest BCUT2D eigenvalue weighted by Crippen LogP contribution is 2.29. The number of methoxy groups -OCH3 is 1. The fraction of sp³-hybridized carbons (Fsp3) is 0.0909. The molecule has 1 N–H and O–H groups in total. The quantitative estimate of drug-likeness (QED) is 0.808. The predicted octanol–water partition coefficient (Wildman–Crippen LogP) is 2.41. The third-order valence-electron chi connectivity index (χ3n) is 2.22. The Bertz CT molecular complexity index is 662. The van der Waals surface area contributed by atoms with Crippen molar-refractivity contribution in [2.45, 2.75) is 0 Å². The van der Waals surface area contributed by atoms with Gasteiger partial charge in [-0.2, -0.15) is 0 Å². The van der Waals surface area contributed by atoms with E-state index in [0.717, 1.165) is 18.4 Å². The van der Waals surface area contributed by atoms with Crippen LogP contribution in [0.4, 0.5) is 0 Å². The first-order chi connectivity index (χ1) is 8.04. The summed E-state index contributed by atoms with van der Waals surface area (Å²) in [5.74, 6) is -0.856. The molecule has 2 aromatic rings. The van der Waals surface area contributed by atoms with E-state index in [2.05, 4.69) is 4.74 Å². The Hall–Kier alpha value is -1.59. The minimum atomic E-state index is -0.856. The lowest BCUT2D eigenvalue weighted by Gasteiger charge is -2.03. The molecule has 0 fully saturated rings. The number of esters is 1. The monoisotopic (exact) mass is 270 g/mol. The van der Waals surface area contributed by atoms with Crippen molar-refractivity contribution < 1.29 is 14.6 Å². The number of aromatic hydroxyl groups is 1. The summed E-state index contributed by atoms with van der Waals surface area (Å²) >= 11 is 6.71. The molecule has 6 heteroatoms. The number of carbonyl (C=O) groups excluding carboxylic acids is 1. The van der Waals surface area contributed by atoms with Crippen molar-refractivity contribution >= 4 is 39.0 Å². The first kappa shape index (κ1) is 11.9. The molecule has 0 bridgehead atoms. The Morgan fingerprint density at radius 2 is 2.18 bits per heavy atom. The molecule has 17 heavy (non-hydrogen) atoms. The third-order valence-corrected chi connectivity index (χ3v) is 3.43. The molecule has 0 unspecified atom stereocenters. The molecule has 0 saturated carbocycles. The lowest BCUT2D eigenvalue weighted by atomic mass is 10.2. The molecule has 0 aliphatic carbocycles. The normalized spacial score (nSPS) is 10.5. The molecule has 0 spiro atoms. The molecule has 0 amide bonds. The maximum atomic E-state index is 12.0. The van der Waals surface area contributed by atoms with Crippen molar-refractivity contribution in [1.29, 1.82) is 0 Å². The lowest BCUT2D eigenvalue weighted by molar-refractivity contribution is 0.0597. The molecule has 0 atom stereocenters. The zero-order chi connectivity index (χ0) is 12.6. The Morgan fingerprint density at radius 1 is 1.47 bits per heavy atom. The van der Waals surface area contributed by atoms with Crippen molar-refractivity contribution in [2.75, 3.05) is 7.11 Å². The summed E-state index contributed by atoms with van der Waals surface area (Å²) in [7, 11) is 1.15. The second-order valence-corrected chi connectivity index (χ2v) is 4.71. The standard InChI is InChI=1S/C11H7ClO4S/c1-16-10(14)8-9(13)6-4-5(12)2-3-7(6)17-11(8)15/h2-4,15H,1H3. The van der Waals surface area contributed by atoms with Crippen LogP contribution in [0.1, 0.15) is 10.4 Å². The maximum absolute atomic E-state index is 12.0. The van der Waals surface area contributed by atoms with E-state index < -0.39 is 11.4 Å². The van der Waals surface area contributed by atoms with Gasteiger partial charge in [0.1, 0.15) is 0 Å². The van der Waals surface area contributed by atoms with Gasteiger partial charge in [0.25, 0.3) is 0 Å². The van der Waals surface area contributed by atoms with Crippen LogP contribution in [-0.2, 0) is 4.74 Å². The summed E-state index contributed by atoms with van der Waals surface area (Å²) in [5.41, 5.74) is -0.933. The molecule has 0 saturated heterocycles. The van der Waals surface area contributed by atoms with Crippen LogP contribution in [0.3, 0.4) is 0 Å². The summed E-state index contributed by atoms with van der Waals surface area (Å²) in [4.78, 5) is 23.4. The van der Waals surface area contributed by atoms with Crippen LogP contribution in [0.25, 0.3) is 10.1 Å². The van der Waals surface area contributed by atoms with Crippen molar-refractivity contribution in [3.05, 3.63) is 39.0 Å². The van der Waals surface area contributed by atoms with E-state index in [-0.39, 0.29) is 10.6 Å².